The zero-order valence-corrected chi connectivity index (χ0v) is 11.9. The number of nitrogens with one attached hydrogen (secondary N) is 1. The Labute approximate surface area is 117 Å². The van der Waals surface area contributed by atoms with Crippen molar-refractivity contribution in [1.82, 2.24) is 9.88 Å². The minimum Gasteiger partial charge on any atom is -0.465 e. The van der Waals surface area contributed by atoms with Gasteiger partial charge in [-0.15, -0.1) is 0 Å². The molecular formula is C13H19N3O2S. The summed E-state index contributed by atoms with van der Waals surface area (Å²) >= 11 is 1.37. The summed E-state index contributed by atoms with van der Waals surface area (Å²) in [4.78, 5) is 18.8. The van der Waals surface area contributed by atoms with Crippen LogP contribution >= 0.6 is 11.3 Å². The van der Waals surface area contributed by atoms with E-state index >= 15 is 0 Å². The Hall–Kier alpha value is -1.14. The summed E-state index contributed by atoms with van der Waals surface area (Å²) in [5.74, 6) is -0.309. The maximum Gasteiger partial charge on any atom is 0.349 e. The van der Waals surface area contributed by atoms with Crippen LogP contribution in [0.2, 0.25) is 0 Å². The highest BCUT2D eigenvalue weighted by atomic mass is 32.1. The lowest BCUT2D eigenvalue weighted by atomic mass is 9.98. The molecule has 2 unspecified atom stereocenters. The van der Waals surface area contributed by atoms with Crippen LogP contribution in [0.3, 0.4) is 0 Å². The molecule has 6 heteroatoms. The van der Waals surface area contributed by atoms with E-state index in [9.17, 15) is 4.79 Å². The summed E-state index contributed by atoms with van der Waals surface area (Å²) in [5, 5.41) is 4.30. The first-order valence-corrected chi connectivity index (χ1v) is 7.62. The minimum atomic E-state index is -0.309. The second-order valence-electron chi connectivity index (χ2n) is 5.22. The molecule has 0 aromatic carbocycles. The summed E-state index contributed by atoms with van der Waals surface area (Å²) in [5.41, 5.74) is 0. The number of anilines is 1. The van der Waals surface area contributed by atoms with E-state index in [0.717, 1.165) is 17.6 Å². The number of carbonyl (C=O) groups is 1. The Bertz CT molecular complexity index is 462. The molecule has 0 amide bonds. The van der Waals surface area contributed by atoms with Crippen molar-refractivity contribution in [3.05, 3.63) is 11.1 Å². The smallest absolute Gasteiger partial charge is 0.349 e. The summed E-state index contributed by atoms with van der Waals surface area (Å²) in [6.07, 6.45) is 6.59. The number of aromatic nitrogens is 1. The number of thiazole rings is 1. The van der Waals surface area contributed by atoms with Crippen LogP contribution in [0.1, 0.15) is 35.4 Å². The molecule has 0 spiro atoms. The number of hydrogen-bond donors (Lipinski definition) is 1. The van der Waals surface area contributed by atoms with Gasteiger partial charge in [-0.3, -0.25) is 0 Å². The Morgan fingerprint density at radius 1 is 1.53 bits per heavy atom. The van der Waals surface area contributed by atoms with Gasteiger partial charge in [-0.05, 0) is 32.2 Å². The van der Waals surface area contributed by atoms with E-state index in [4.69, 9.17) is 4.74 Å². The average molecular weight is 281 g/mol. The van der Waals surface area contributed by atoms with Gasteiger partial charge < -0.3 is 15.0 Å². The van der Waals surface area contributed by atoms with Gasteiger partial charge in [0.2, 0.25) is 0 Å². The summed E-state index contributed by atoms with van der Waals surface area (Å²) in [6.45, 7) is 2.44. The van der Waals surface area contributed by atoms with Gasteiger partial charge in [0.15, 0.2) is 5.13 Å². The zero-order valence-electron chi connectivity index (χ0n) is 11.1. The van der Waals surface area contributed by atoms with Crippen molar-refractivity contribution < 1.29 is 9.53 Å². The van der Waals surface area contributed by atoms with Crippen molar-refractivity contribution in [2.75, 3.05) is 25.5 Å². The number of methoxy groups -OCH3 is 1. The third-order valence-corrected chi connectivity index (χ3v) is 4.95. The molecule has 0 aliphatic carbocycles. The van der Waals surface area contributed by atoms with Crippen molar-refractivity contribution in [3.63, 3.8) is 0 Å². The largest absolute Gasteiger partial charge is 0.465 e. The van der Waals surface area contributed by atoms with E-state index in [1.165, 1.54) is 50.8 Å². The number of hydrogen-bond acceptors (Lipinski definition) is 6. The zero-order chi connectivity index (χ0) is 13.2. The molecule has 104 valence electrons. The van der Waals surface area contributed by atoms with Crippen molar-refractivity contribution in [3.8, 4) is 0 Å². The molecule has 2 saturated heterocycles. The quantitative estimate of drug-likeness (QED) is 0.858. The fourth-order valence-electron chi connectivity index (χ4n) is 3.07. The third kappa shape index (κ3) is 2.74. The maximum absolute atomic E-state index is 11.4. The lowest BCUT2D eigenvalue weighted by Gasteiger charge is -2.35. The molecule has 3 heterocycles. The highest BCUT2D eigenvalue weighted by molar-refractivity contribution is 7.17. The first-order valence-electron chi connectivity index (χ1n) is 6.81. The Morgan fingerprint density at radius 3 is 3.26 bits per heavy atom. The van der Waals surface area contributed by atoms with Crippen LogP contribution < -0.4 is 5.32 Å². The highest BCUT2D eigenvalue weighted by Gasteiger charge is 2.31. The molecule has 19 heavy (non-hydrogen) atoms. The van der Waals surface area contributed by atoms with Crippen molar-refractivity contribution >= 4 is 22.4 Å². The summed E-state index contributed by atoms with van der Waals surface area (Å²) in [7, 11) is 1.39. The van der Waals surface area contributed by atoms with E-state index in [0.29, 0.717) is 10.9 Å². The molecule has 1 N–H and O–H groups in total. The van der Waals surface area contributed by atoms with E-state index in [-0.39, 0.29) is 5.97 Å². The number of ether oxygens (including phenoxy) is 1. The van der Waals surface area contributed by atoms with Crippen molar-refractivity contribution in [2.45, 2.75) is 37.8 Å². The van der Waals surface area contributed by atoms with Gasteiger partial charge in [0, 0.05) is 18.6 Å². The number of piperidine rings is 1. The molecular weight excluding hydrogens is 262 g/mol. The van der Waals surface area contributed by atoms with Crippen LogP contribution in [0.25, 0.3) is 0 Å². The van der Waals surface area contributed by atoms with E-state index in [1.807, 2.05) is 0 Å². The van der Waals surface area contributed by atoms with Gasteiger partial charge >= 0.3 is 5.97 Å². The maximum atomic E-state index is 11.4. The van der Waals surface area contributed by atoms with Gasteiger partial charge in [-0.25, -0.2) is 9.78 Å². The highest BCUT2D eigenvalue weighted by Crippen LogP contribution is 2.29. The lowest BCUT2D eigenvalue weighted by molar-refractivity contribution is 0.0606. The van der Waals surface area contributed by atoms with Crippen LogP contribution in [0.15, 0.2) is 6.20 Å². The molecule has 0 bridgehead atoms. The lowest BCUT2D eigenvalue weighted by Crippen LogP contribution is -2.42. The monoisotopic (exact) mass is 281 g/mol. The number of nitrogens with zero attached hydrogens (tertiary/aromatic N) is 2. The molecule has 0 saturated carbocycles. The second-order valence-corrected chi connectivity index (χ2v) is 6.25. The first kappa shape index (κ1) is 12.9. The van der Waals surface area contributed by atoms with E-state index < -0.39 is 0 Å². The number of esters is 1. The van der Waals surface area contributed by atoms with E-state index in [2.05, 4.69) is 15.2 Å². The third-order valence-electron chi connectivity index (χ3n) is 4.04. The topological polar surface area (TPSA) is 54.5 Å². The van der Waals surface area contributed by atoms with Crippen LogP contribution in [-0.2, 0) is 4.74 Å². The molecule has 2 atom stereocenters. The van der Waals surface area contributed by atoms with Crippen molar-refractivity contribution in [1.29, 1.82) is 0 Å². The first-order chi connectivity index (χ1) is 9.26. The van der Waals surface area contributed by atoms with Gasteiger partial charge in [-0.2, -0.15) is 0 Å². The standard InChI is InChI=1S/C13H19N3O2S/c1-18-12(17)11-8-14-13(19-11)15-9-4-6-16-5-2-3-10(16)7-9/h8-10H,2-7H2,1H3,(H,14,15). The van der Waals surface area contributed by atoms with E-state index in [1.54, 1.807) is 6.20 Å². The number of rotatable bonds is 3. The van der Waals surface area contributed by atoms with Gasteiger partial charge in [0.05, 0.1) is 13.3 Å². The molecule has 1 aromatic heterocycles. The minimum absolute atomic E-state index is 0.309. The number of carbonyl (C=O) groups excluding carboxylic acids is 1. The van der Waals surface area contributed by atoms with Crippen LogP contribution in [0, 0.1) is 0 Å². The fraction of sp³-hybridized carbons (Fsp3) is 0.692. The second kappa shape index (κ2) is 5.46. The Kier molecular flexibility index (Phi) is 3.70. The van der Waals surface area contributed by atoms with Crippen LogP contribution in [-0.4, -0.2) is 48.1 Å². The van der Waals surface area contributed by atoms with Crippen molar-refractivity contribution in [2.24, 2.45) is 0 Å². The SMILES string of the molecule is COC(=O)c1cnc(NC2CCN3CCCC3C2)s1. The van der Waals surface area contributed by atoms with Gasteiger partial charge in [0.1, 0.15) is 4.88 Å². The van der Waals surface area contributed by atoms with Gasteiger partial charge in [-0.1, -0.05) is 11.3 Å². The average Bonchev–Trinajstić information content (AvgIpc) is 3.06. The van der Waals surface area contributed by atoms with Crippen LogP contribution in [0.5, 0.6) is 0 Å². The Balaban J connectivity index is 1.59. The summed E-state index contributed by atoms with van der Waals surface area (Å²) < 4.78 is 4.69. The summed E-state index contributed by atoms with van der Waals surface area (Å²) in [6, 6.07) is 1.22. The Morgan fingerprint density at radius 2 is 2.42 bits per heavy atom. The van der Waals surface area contributed by atoms with Crippen LogP contribution in [0.4, 0.5) is 5.13 Å². The molecule has 1 aromatic rings. The molecule has 2 aliphatic heterocycles. The fourth-order valence-corrected chi connectivity index (χ4v) is 3.88. The molecule has 5 nitrogen and oxygen atoms in total. The number of fused-ring (bicyclic) bond motifs is 1. The molecule has 0 radical (unpaired) electrons. The predicted molar refractivity (Wildman–Crippen MR) is 74.7 cm³/mol. The predicted octanol–water partition coefficient (Wildman–Crippen LogP) is 1.97. The van der Waals surface area contributed by atoms with Gasteiger partial charge in [0.25, 0.3) is 0 Å². The molecule has 2 aliphatic rings. The normalized spacial score (nSPS) is 27.0. The molecule has 2 fully saturated rings. The molecule has 3 rings (SSSR count).